The molecule has 13 heavy (non-hydrogen) atoms. The van der Waals surface area contributed by atoms with Crippen molar-refractivity contribution in [3.05, 3.63) is 0 Å². The predicted octanol–water partition coefficient (Wildman–Crippen LogP) is -2.04. The summed E-state index contributed by atoms with van der Waals surface area (Å²) in [6.07, 6.45) is -2.53. The standard InChI is InChI=1S/C7H10O6/c8-3-1-12-5-4(3)13-2-7(5,11)6(9)10/h3-5,8,11H,1-2H2,(H,9,10)/t3-,4+,5-,7+/m0/s1. The molecule has 0 bridgehead atoms. The molecule has 2 aliphatic heterocycles. The Kier molecular flexibility index (Phi) is 1.81. The van der Waals surface area contributed by atoms with Crippen molar-refractivity contribution in [1.29, 1.82) is 0 Å². The molecule has 0 aromatic carbocycles. The second kappa shape index (κ2) is 2.65. The Morgan fingerprint density at radius 2 is 2.15 bits per heavy atom. The summed E-state index contributed by atoms with van der Waals surface area (Å²) in [7, 11) is 0. The van der Waals surface area contributed by atoms with Crippen molar-refractivity contribution >= 4 is 5.97 Å². The van der Waals surface area contributed by atoms with Gasteiger partial charge in [0.15, 0.2) is 0 Å². The molecule has 2 rings (SSSR count). The van der Waals surface area contributed by atoms with Crippen molar-refractivity contribution < 1.29 is 29.6 Å². The number of fused-ring (bicyclic) bond motifs is 1. The van der Waals surface area contributed by atoms with Crippen LogP contribution in [0, 0.1) is 0 Å². The fraction of sp³-hybridized carbons (Fsp3) is 0.857. The van der Waals surface area contributed by atoms with Gasteiger partial charge in [-0.3, -0.25) is 0 Å². The van der Waals surface area contributed by atoms with Gasteiger partial charge in [0, 0.05) is 0 Å². The van der Waals surface area contributed by atoms with E-state index < -0.39 is 29.9 Å². The van der Waals surface area contributed by atoms with Crippen LogP contribution in [0.15, 0.2) is 0 Å². The minimum absolute atomic E-state index is 0.00488. The van der Waals surface area contributed by atoms with Crippen LogP contribution in [-0.4, -0.2) is 58.4 Å². The normalized spacial score (nSPS) is 49.2. The fourth-order valence-electron chi connectivity index (χ4n) is 1.69. The number of hydrogen-bond donors (Lipinski definition) is 3. The molecule has 0 amide bonds. The summed E-state index contributed by atoms with van der Waals surface area (Å²) in [5.41, 5.74) is -2.01. The largest absolute Gasteiger partial charge is 0.479 e. The molecule has 6 nitrogen and oxygen atoms in total. The quantitative estimate of drug-likeness (QED) is 0.441. The molecule has 0 aromatic heterocycles. The first-order valence-electron chi connectivity index (χ1n) is 3.93. The molecule has 6 heteroatoms. The Balaban J connectivity index is 2.23. The number of carboxylic acid groups (broad SMARTS) is 1. The highest BCUT2D eigenvalue weighted by Gasteiger charge is 2.60. The van der Waals surface area contributed by atoms with E-state index in [0.29, 0.717) is 0 Å². The highest BCUT2D eigenvalue weighted by molar-refractivity contribution is 5.79. The number of aliphatic hydroxyl groups is 2. The van der Waals surface area contributed by atoms with Crippen molar-refractivity contribution in [2.45, 2.75) is 23.9 Å². The van der Waals surface area contributed by atoms with E-state index in [9.17, 15) is 15.0 Å². The molecule has 0 unspecified atom stereocenters. The first-order valence-corrected chi connectivity index (χ1v) is 3.93. The van der Waals surface area contributed by atoms with Crippen molar-refractivity contribution in [2.24, 2.45) is 0 Å². The SMILES string of the molecule is O=C(O)[C@@]1(O)CO[C@@H]2[C@@H](O)CO[C@@H]21. The van der Waals surface area contributed by atoms with Gasteiger partial charge in [-0.15, -0.1) is 0 Å². The van der Waals surface area contributed by atoms with Crippen LogP contribution in [0.2, 0.25) is 0 Å². The lowest BCUT2D eigenvalue weighted by Gasteiger charge is -2.20. The Morgan fingerprint density at radius 3 is 2.77 bits per heavy atom. The van der Waals surface area contributed by atoms with Crippen LogP contribution in [0.3, 0.4) is 0 Å². The summed E-state index contributed by atoms with van der Waals surface area (Å²) in [6.45, 7) is -0.334. The van der Waals surface area contributed by atoms with Gasteiger partial charge in [-0.25, -0.2) is 4.79 Å². The fourth-order valence-corrected chi connectivity index (χ4v) is 1.69. The average molecular weight is 190 g/mol. The topological polar surface area (TPSA) is 96.2 Å². The summed E-state index contributed by atoms with van der Waals surface area (Å²) in [5, 5.41) is 27.6. The van der Waals surface area contributed by atoms with Gasteiger partial charge in [0.25, 0.3) is 0 Å². The van der Waals surface area contributed by atoms with Crippen molar-refractivity contribution in [3.8, 4) is 0 Å². The van der Waals surface area contributed by atoms with Gasteiger partial charge in [-0.1, -0.05) is 0 Å². The van der Waals surface area contributed by atoms with E-state index in [2.05, 4.69) is 0 Å². The van der Waals surface area contributed by atoms with Gasteiger partial charge in [0.1, 0.15) is 18.3 Å². The highest BCUT2D eigenvalue weighted by Crippen LogP contribution is 2.34. The summed E-state index contributed by atoms with van der Waals surface area (Å²) in [6, 6.07) is 0. The second-order valence-electron chi connectivity index (χ2n) is 3.33. The Morgan fingerprint density at radius 1 is 1.46 bits per heavy atom. The molecular weight excluding hydrogens is 180 g/mol. The molecule has 2 aliphatic rings. The third-order valence-corrected chi connectivity index (χ3v) is 2.46. The van der Waals surface area contributed by atoms with E-state index in [4.69, 9.17) is 14.6 Å². The number of rotatable bonds is 1. The van der Waals surface area contributed by atoms with Gasteiger partial charge in [0.05, 0.1) is 13.2 Å². The lowest BCUT2D eigenvalue weighted by Crippen LogP contribution is -2.50. The van der Waals surface area contributed by atoms with Gasteiger partial charge in [-0.2, -0.15) is 0 Å². The van der Waals surface area contributed by atoms with Crippen LogP contribution in [0.4, 0.5) is 0 Å². The molecule has 0 saturated carbocycles. The maximum Gasteiger partial charge on any atom is 0.341 e. The third kappa shape index (κ3) is 1.07. The van der Waals surface area contributed by atoms with Gasteiger partial charge in [-0.05, 0) is 0 Å². The number of aliphatic carboxylic acids is 1. The first-order chi connectivity index (χ1) is 6.05. The number of ether oxygens (including phenoxy) is 2. The van der Waals surface area contributed by atoms with Gasteiger partial charge >= 0.3 is 5.97 Å². The number of hydrogen-bond acceptors (Lipinski definition) is 5. The predicted molar refractivity (Wildman–Crippen MR) is 38.1 cm³/mol. The average Bonchev–Trinajstić information content (AvgIpc) is 2.57. The zero-order valence-corrected chi connectivity index (χ0v) is 6.71. The van der Waals surface area contributed by atoms with E-state index in [0.717, 1.165) is 0 Å². The monoisotopic (exact) mass is 190 g/mol. The molecule has 0 aromatic rings. The van der Waals surface area contributed by atoms with Crippen LogP contribution in [0.25, 0.3) is 0 Å². The Labute approximate surface area is 73.7 Å². The molecule has 0 spiro atoms. The lowest BCUT2D eigenvalue weighted by atomic mass is 9.96. The summed E-state index contributed by atoms with van der Waals surface area (Å²) in [5.74, 6) is -1.38. The second-order valence-corrected chi connectivity index (χ2v) is 3.33. The van der Waals surface area contributed by atoms with Crippen LogP contribution < -0.4 is 0 Å². The smallest absolute Gasteiger partial charge is 0.341 e. The maximum atomic E-state index is 10.7. The molecule has 2 fully saturated rings. The van der Waals surface area contributed by atoms with E-state index in [-0.39, 0.29) is 13.2 Å². The maximum absolute atomic E-state index is 10.7. The van der Waals surface area contributed by atoms with E-state index >= 15 is 0 Å². The van der Waals surface area contributed by atoms with Crippen molar-refractivity contribution in [3.63, 3.8) is 0 Å². The molecule has 3 N–H and O–H groups in total. The van der Waals surface area contributed by atoms with E-state index in [1.165, 1.54) is 0 Å². The van der Waals surface area contributed by atoms with Crippen molar-refractivity contribution in [2.75, 3.05) is 13.2 Å². The first kappa shape index (κ1) is 8.89. The summed E-state index contributed by atoms with van der Waals surface area (Å²) >= 11 is 0. The minimum atomic E-state index is -2.01. The van der Waals surface area contributed by atoms with Crippen LogP contribution >= 0.6 is 0 Å². The summed E-state index contributed by atoms with van der Waals surface area (Å²) in [4.78, 5) is 10.7. The molecule has 74 valence electrons. The third-order valence-electron chi connectivity index (χ3n) is 2.46. The van der Waals surface area contributed by atoms with E-state index in [1.807, 2.05) is 0 Å². The number of aliphatic hydroxyl groups excluding tert-OH is 1. The lowest BCUT2D eigenvalue weighted by molar-refractivity contribution is -0.168. The van der Waals surface area contributed by atoms with Gasteiger partial charge < -0.3 is 24.8 Å². The van der Waals surface area contributed by atoms with Crippen LogP contribution in [0.1, 0.15) is 0 Å². The molecule has 4 atom stereocenters. The molecule has 0 aliphatic carbocycles. The number of carboxylic acids is 1. The molecule has 2 saturated heterocycles. The zero-order valence-electron chi connectivity index (χ0n) is 6.71. The van der Waals surface area contributed by atoms with Crippen LogP contribution in [-0.2, 0) is 14.3 Å². The number of carbonyl (C=O) groups is 1. The highest BCUT2D eigenvalue weighted by atomic mass is 16.6. The summed E-state index contributed by atoms with van der Waals surface area (Å²) < 4.78 is 9.92. The minimum Gasteiger partial charge on any atom is -0.479 e. The zero-order chi connectivity index (χ0) is 9.64. The van der Waals surface area contributed by atoms with Gasteiger partial charge in [0.2, 0.25) is 5.60 Å². The van der Waals surface area contributed by atoms with Crippen molar-refractivity contribution in [1.82, 2.24) is 0 Å². The molecular formula is C7H10O6. The van der Waals surface area contributed by atoms with E-state index in [1.54, 1.807) is 0 Å². The Hall–Kier alpha value is -0.690. The Bertz CT molecular complexity index is 241. The molecule has 2 heterocycles. The molecule has 0 radical (unpaired) electrons. The van der Waals surface area contributed by atoms with Crippen LogP contribution in [0.5, 0.6) is 0 Å².